The quantitative estimate of drug-likeness (QED) is 0.419. The molecule has 2 aliphatic rings. The standard InChI is InChI=1S/C24H25N3O7S/c1-4-5-15-19(23(30)32-3)13(2)26-20(15)21(28)25-8-9-27-22(29)18(35-24(27)31)11-14-6-7-16-17(10-14)34-12-33-16/h6-7,10-11,26H,4-5,8-9,12H2,1-3H3,(H,25,28). The van der Waals surface area contributed by atoms with Crippen molar-refractivity contribution in [2.75, 3.05) is 27.0 Å². The van der Waals surface area contributed by atoms with Crippen LogP contribution in [0.15, 0.2) is 23.1 Å². The van der Waals surface area contributed by atoms with Gasteiger partial charge in [-0.1, -0.05) is 19.4 Å². The number of thioether (sulfide) groups is 1. The Bertz CT molecular complexity index is 1230. The fourth-order valence-electron chi connectivity index (χ4n) is 3.97. The summed E-state index contributed by atoms with van der Waals surface area (Å²) in [4.78, 5) is 54.6. The van der Waals surface area contributed by atoms with Gasteiger partial charge in [0.2, 0.25) is 6.79 Å². The summed E-state index contributed by atoms with van der Waals surface area (Å²) in [6.07, 6.45) is 2.87. The van der Waals surface area contributed by atoms with E-state index in [1.54, 1.807) is 31.2 Å². The molecule has 4 rings (SSSR count). The van der Waals surface area contributed by atoms with Crippen molar-refractivity contribution in [2.24, 2.45) is 0 Å². The minimum Gasteiger partial charge on any atom is -0.465 e. The molecule has 3 amide bonds. The topological polar surface area (TPSA) is 127 Å². The van der Waals surface area contributed by atoms with Crippen LogP contribution in [-0.2, 0) is 16.0 Å². The van der Waals surface area contributed by atoms with Gasteiger partial charge in [-0.3, -0.25) is 19.3 Å². The van der Waals surface area contributed by atoms with Gasteiger partial charge in [-0.25, -0.2) is 4.79 Å². The fraction of sp³-hybridized carbons (Fsp3) is 0.333. The number of hydrogen-bond acceptors (Lipinski definition) is 8. The average molecular weight is 500 g/mol. The second kappa shape index (κ2) is 10.3. The lowest BCUT2D eigenvalue weighted by Crippen LogP contribution is -2.37. The first-order chi connectivity index (χ1) is 16.8. The van der Waals surface area contributed by atoms with E-state index in [4.69, 9.17) is 14.2 Å². The van der Waals surface area contributed by atoms with Crippen LogP contribution in [0.1, 0.15) is 51.0 Å². The van der Waals surface area contributed by atoms with Crippen LogP contribution in [-0.4, -0.2) is 59.9 Å². The van der Waals surface area contributed by atoms with Crippen molar-refractivity contribution in [1.29, 1.82) is 0 Å². The molecule has 11 heteroatoms. The smallest absolute Gasteiger partial charge is 0.339 e. The van der Waals surface area contributed by atoms with Gasteiger partial charge >= 0.3 is 5.97 Å². The minimum atomic E-state index is -0.506. The van der Waals surface area contributed by atoms with Crippen molar-refractivity contribution in [1.82, 2.24) is 15.2 Å². The van der Waals surface area contributed by atoms with Crippen molar-refractivity contribution in [3.05, 3.63) is 51.2 Å². The number of aromatic amines is 1. The normalized spacial score (nSPS) is 15.7. The zero-order valence-electron chi connectivity index (χ0n) is 19.6. The number of fused-ring (bicyclic) bond motifs is 1. The van der Waals surface area contributed by atoms with Crippen molar-refractivity contribution >= 4 is 40.9 Å². The second-order valence-electron chi connectivity index (χ2n) is 7.92. The molecule has 0 unspecified atom stereocenters. The van der Waals surface area contributed by atoms with E-state index in [1.807, 2.05) is 6.92 Å². The molecule has 184 valence electrons. The van der Waals surface area contributed by atoms with Crippen LogP contribution >= 0.6 is 11.8 Å². The zero-order chi connectivity index (χ0) is 25.1. The highest BCUT2D eigenvalue weighted by molar-refractivity contribution is 8.18. The van der Waals surface area contributed by atoms with Crippen LogP contribution in [0.4, 0.5) is 4.79 Å². The van der Waals surface area contributed by atoms with Crippen LogP contribution in [0.25, 0.3) is 6.08 Å². The van der Waals surface area contributed by atoms with Crippen LogP contribution in [0, 0.1) is 6.92 Å². The van der Waals surface area contributed by atoms with Crippen molar-refractivity contribution in [3.8, 4) is 11.5 Å². The molecule has 35 heavy (non-hydrogen) atoms. The highest BCUT2D eigenvalue weighted by atomic mass is 32.2. The number of benzene rings is 1. The van der Waals surface area contributed by atoms with Gasteiger partial charge < -0.3 is 24.5 Å². The first-order valence-electron chi connectivity index (χ1n) is 11.1. The third kappa shape index (κ3) is 4.90. The number of rotatable bonds is 8. The Kier molecular flexibility index (Phi) is 7.15. The monoisotopic (exact) mass is 499 g/mol. The van der Waals surface area contributed by atoms with Crippen LogP contribution in [0.2, 0.25) is 0 Å². The number of H-pyrrole nitrogens is 1. The van der Waals surface area contributed by atoms with Gasteiger partial charge in [0.1, 0.15) is 5.69 Å². The number of nitrogens with zero attached hydrogens (tertiary/aromatic N) is 1. The van der Waals surface area contributed by atoms with Gasteiger partial charge in [0.25, 0.3) is 17.1 Å². The molecule has 2 N–H and O–H groups in total. The lowest BCUT2D eigenvalue weighted by molar-refractivity contribution is -0.122. The predicted molar refractivity (Wildman–Crippen MR) is 128 cm³/mol. The SMILES string of the molecule is CCCc1c(C(=O)NCCN2C(=O)SC(=Cc3ccc4c(c3)OCO4)C2=O)[nH]c(C)c1C(=O)OC. The number of imide groups is 1. The molecule has 0 spiro atoms. The Morgan fingerprint density at radius 1 is 1.26 bits per heavy atom. The molecule has 3 heterocycles. The maximum absolute atomic E-state index is 12.8. The van der Waals surface area contributed by atoms with Gasteiger partial charge in [-0.15, -0.1) is 0 Å². The summed E-state index contributed by atoms with van der Waals surface area (Å²) in [5, 5.41) is 2.32. The van der Waals surface area contributed by atoms with E-state index in [0.717, 1.165) is 23.1 Å². The Balaban J connectivity index is 1.40. The first kappa shape index (κ1) is 24.4. The number of ether oxygens (including phenoxy) is 3. The van der Waals surface area contributed by atoms with Gasteiger partial charge in [-0.05, 0) is 54.4 Å². The second-order valence-corrected chi connectivity index (χ2v) is 8.92. The predicted octanol–water partition coefficient (Wildman–Crippen LogP) is 3.26. The summed E-state index contributed by atoms with van der Waals surface area (Å²) in [6.45, 7) is 3.87. The third-order valence-electron chi connectivity index (χ3n) is 5.60. The van der Waals surface area contributed by atoms with Gasteiger partial charge in [0.15, 0.2) is 11.5 Å². The van der Waals surface area contributed by atoms with Gasteiger partial charge in [-0.2, -0.15) is 0 Å². The van der Waals surface area contributed by atoms with Crippen LogP contribution in [0.5, 0.6) is 11.5 Å². The van der Waals surface area contributed by atoms with E-state index in [9.17, 15) is 19.2 Å². The fourth-order valence-corrected chi connectivity index (χ4v) is 4.83. The number of nitrogens with one attached hydrogen (secondary N) is 2. The average Bonchev–Trinajstić information content (AvgIpc) is 3.50. The molecule has 2 aromatic rings. The Morgan fingerprint density at radius 2 is 2.03 bits per heavy atom. The molecular weight excluding hydrogens is 474 g/mol. The van der Waals surface area contributed by atoms with E-state index in [0.29, 0.717) is 40.3 Å². The summed E-state index contributed by atoms with van der Waals surface area (Å²) < 4.78 is 15.5. The molecule has 2 aliphatic heterocycles. The van der Waals surface area contributed by atoms with E-state index < -0.39 is 23.0 Å². The van der Waals surface area contributed by atoms with Crippen molar-refractivity contribution < 1.29 is 33.4 Å². The van der Waals surface area contributed by atoms with Crippen LogP contribution < -0.4 is 14.8 Å². The number of aryl methyl sites for hydroxylation is 1. The first-order valence-corrected chi connectivity index (χ1v) is 11.9. The summed E-state index contributed by atoms with van der Waals surface area (Å²) in [5.74, 6) is -0.146. The highest BCUT2D eigenvalue weighted by Gasteiger charge is 2.35. The number of esters is 1. The molecule has 0 saturated carbocycles. The maximum atomic E-state index is 12.8. The number of aromatic nitrogens is 1. The van der Waals surface area contributed by atoms with E-state index in [-0.39, 0.29) is 30.5 Å². The Hall–Kier alpha value is -3.73. The van der Waals surface area contributed by atoms with E-state index >= 15 is 0 Å². The van der Waals surface area contributed by atoms with Crippen molar-refractivity contribution in [3.63, 3.8) is 0 Å². The molecule has 1 fully saturated rings. The molecule has 10 nitrogen and oxygen atoms in total. The number of methoxy groups -OCH3 is 1. The molecule has 0 bridgehead atoms. The van der Waals surface area contributed by atoms with Crippen LogP contribution in [0.3, 0.4) is 0 Å². The molecule has 0 radical (unpaired) electrons. The molecule has 0 atom stereocenters. The lowest BCUT2D eigenvalue weighted by Gasteiger charge is -2.13. The molecule has 1 saturated heterocycles. The minimum absolute atomic E-state index is 0.0154. The molecule has 1 aromatic carbocycles. The molecule has 1 aromatic heterocycles. The van der Waals surface area contributed by atoms with E-state index in [2.05, 4.69) is 10.3 Å². The molecule has 0 aliphatic carbocycles. The lowest BCUT2D eigenvalue weighted by atomic mass is 10.0. The third-order valence-corrected chi connectivity index (χ3v) is 6.50. The summed E-state index contributed by atoms with van der Waals surface area (Å²) >= 11 is 0.841. The largest absolute Gasteiger partial charge is 0.465 e. The number of amides is 3. The number of hydrogen-bond donors (Lipinski definition) is 2. The zero-order valence-corrected chi connectivity index (χ0v) is 20.4. The maximum Gasteiger partial charge on any atom is 0.339 e. The molecular formula is C24H25N3O7S. The summed E-state index contributed by atoms with van der Waals surface area (Å²) in [7, 11) is 1.29. The highest BCUT2D eigenvalue weighted by Crippen LogP contribution is 2.36. The Morgan fingerprint density at radius 3 is 2.77 bits per heavy atom. The summed E-state index contributed by atoms with van der Waals surface area (Å²) in [5.41, 5.74) is 2.48. The number of carbonyl (C=O) groups excluding carboxylic acids is 4. The number of carbonyl (C=O) groups is 4. The summed E-state index contributed by atoms with van der Waals surface area (Å²) in [6, 6.07) is 5.26. The van der Waals surface area contributed by atoms with Crippen molar-refractivity contribution in [2.45, 2.75) is 26.7 Å². The Labute approximate surface area is 206 Å². The van der Waals surface area contributed by atoms with Gasteiger partial charge in [0.05, 0.1) is 17.6 Å². The van der Waals surface area contributed by atoms with E-state index in [1.165, 1.54) is 7.11 Å². The van der Waals surface area contributed by atoms with Gasteiger partial charge in [0, 0.05) is 18.8 Å².